The van der Waals surface area contributed by atoms with Gasteiger partial charge in [-0.05, 0) is 24.3 Å². The van der Waals surface area contributed by atoms with Crippen molar-refractivity contribution in [3.8, 4) is 0 Å². The van der Waals surface area contributed by atoms with Crippen LogP contribution in [-0.4, -0.2) is 20.0 Å². The van der Waals surface area contributed by atoms with Crippen LogP contribution in [0.25, 0.3) is 5.76 Å². The molecule has 2 aromatic carbocycles. The fourth-order valence-electron chi connectivity index (χ4n) is 2.01. The van der Waals surface area contributed by atoms with Crippen LogP contribution in [0.4, 0.5) is 0 Å². The van der Waals surface area contributed by atoms with Gasteiger partial charge in [-0.1, -0.05) is 36.0 Å². The molecule has 1 saturated heterocycles. The van der Waals surface area contributed by atoms with Gasteiger partial charge in [0.05, 0.1) is 7.11 Å². The zero-order valence-electron chi connectivity index (χ0n) is 11.5. The molecule has 1 fully saturated rings. The Morgan fingerprint density at radius 2 is 1.95 bits per heavy atom. The highest BCUT2D eigenvalue weighted by atomic mass is 32.2. The second kappa shape index (κ2) is 6.06. The first-order valence-corrected chi connectivity index (χ1v) is 7.35. The van der Waals surface area contributed by atoms with Gasteiger partial charge in [-0.25, -0.2) is 0 Å². The number of hydrogen-bond donors (Lipinski definition) is 0. The van der Waals surface area contributed by atoms with Gasteiger partial charge in [0.15, 0.2) is 11.5 Å². The molecule has 0 radical (unpaired) electrons. The highest BCUT2D eigenvalue weighted by Gasteiger charge is 2.22. The Kier molecular flexibility index (Phi) is 3.97. The Labute approximate surface area is 127 Å². The van der Waals surface area contributed by atoms with Gasteiger partial charge in [0, 0.05) is 20.9 Å². The summed E-state index contributed by atoms with van der Waals surface area (Å²) >= 11 is 1.65. The van der Waals surface area contributed by atoms with Gasteiger partial charge in [-0.15, -0.1) is 0 Å². The van der Waals surface area contributed by atoms with Crippen LogP contribution >= 0.6 is 11.8 Å². The lowest BCUT2D eigenvalue weighted by Crippen LogP contribution is -1.88. The number of benzene rings is 2. The van der Waals surface area contributed by atoms with E-state index in [0.717, 1.165) is 33.2 Å². The monoisotopic (exact) mass is 298 g/mol. The van der Waals surface area contributed by atoms with Crippen molar-refractivity contribution in [2.24, 2.45) is 0 Å². The van der Waals surface area contributed by atoms with Crippen LogP contribution in [0.2, 0.25) is 0 Å². The lowest BCUT2D eigenvalue weighted by Gasteiger charge is -2.07. The molecule has 0 aliphatic carbocycles. The van der Waals surface area contributed by atoms with Crippen molar-refractivity contribution in [2.75, 3.05) is 13.7 Å². The maximum absolute atomic E-state index is 10.7. The smallest absolute Gasteiger partial charge is 0.176 e. The molecule has 0 unspecified atom stereocenters. The topological polar surface area (TPSA) is 38.8 Å². The molecule has 1 aliphatic rings. The fraction of sp³-hybridized carbons (Fsp3) is 0.118. The summed E-state index contributed by atoms with van der Waals surface area (Å²) in [7, 11) is 1.65. The zero-order valence-corrected chi connectivity index (χ0v) is 12.4. The second-order valence-corrected chi connectivity index (χ2v) is 5.71. The Balaban J connectivity index is 1.82. The summed E-state index contributed by atoms with van der Waals surface area (Å²) in [6, 6.07) is 15.7. The minimum absolute atomic E-state index is 0.647. The molecule has 0 amide bonds. The second-order valence-electron chi connectivity index (χ2n) is 4.56. The third-order valence-electron chi connectivity index (χ3n) is 3.09. The standard InChI is InChI=1S/C17H14O3S/c1-19-17(16-11-20-16)13-3-2-4-15(9-13)21-14-7-5-12(10-18)6-8-14/h2-10H,11H2,1H3. The number of ether oxygens (including phenoxy) is 2. The lowest BCUT2D eigenvalue weighted by molar-refractivity contribution is 0.112. The Bertz CT molecular complexity index is 683. The minimum Gasteiger partial charge on any atom is -0.492 e. The molecular weight excluding hydrogens is 284 g/mol. The van der Waals surface area contributed by atoms with Crippen LogP contribution in [0, 0.1) is 0 Å². The summed E-state index contributed by atoms with van der Waals surface area (Å²) in [6.07, 6.45) is 0.849. The van der Waals surface area contributed by atoms with E-state index in [1.54, 1.807) is 18.9 Å². The molecule has 1 aliphatic heterocycles. The van der Waals surface area contributed by atoms with Gasteiger partial charge < -0.3 is 9.47 Å². The van der Waals surface area contributed by atoms with E-state index < -0.39 is 0 Å². The van der Waals surface area contributed by atoms with Crippen LogP contribution in [0.5, 0.6) is 0 Å². The zero-order chi connectivity index (χ0) is 14.7. The predicted molar refractivity (Wildman–Crippen MR) is 82.3 cm³/mol. The highest BCUT2D eigenvalue weighted by molar-refractivity contribution is 7.99. The van der Waals surface area contributed by atoms with Gasteiger partial charge in [-0.3, -0.25) is 4.79 Å². The first-order chi connectivity index (χ1) is 10.3. The molecule has 0 aromatic heterocycles. The van der Waals surface area contributed by atoms with Gasteiger partial charge in [0.2, 0.25) is 0 Å². The fourth-order valence-corrected chi connectivity index (χ4v) is 2.89. The number of epoxide rings is 1. The van der Waals surface area contributed by atoms with E-state index in [9.17, 15) is 4.79 Å². The lowest BCUT2D eigenvalue weighted by atomic mass is 10.2. The van der Waals surface area contributed by atoms with Crippen molar-refractivity contribution in [3.63, 3.8) is 0 Å². The van der Waals surface area contributed by atoms with Gasteiger partial charge >= 0.3 is 0 Å². The summed E-state index contributed by atoms with van der Waals surface area (Å²) in [6.45, 7) is 0.647. The van der Waals surface area contributed by atoms with E-state index in [1.807, 2.05) is 42.5 Å². The molecule has 1 heterocycles. The van der Waals surface area contributed by atoms with Crippen molar-refractivity contribution < 1.29 is 14.3 Å². The van der Waals surface area contributed by atoms with Crippen molar-refractivity contribution in [1.82, 2.24) is 0 Å². The van der Waals surface area contributed by atoms with Gasteiger partial charge in [0.25, 0.3) is 0 Å². The van der Waals surface area contributed by atoms with E-state index in [-0.39, 0.29) is 0 Å². The van der Waals surface area contributed by atoms with Crippen LogP contribution in [0.15, 0.2) is 64.1 Å². The molecule has 21 heavy (non-hydrogen) atoms. The number of carbonyl (C=O) groups is 1. The van der Waals surface area contributed by atoms with Gasteiger partial charge in [-0.2, -0.15) is 0 Å². The molecule has 106 valence electrons. The average Bonchev–Trinajstić information content (AvgIpc) is 3.34. The third kappa shape index (κ3) is 3.28. The third-order valence-corrected chi connectivity index (χ3v) is 4.09. The number of rotatable bonds is 5. The summed E-state index contributed by atoms with van der Waals surface area (Å²) in [4.78, 5) is 12.9. The van der Waals surface area contributed by atoms with E-state index in [2.05, 4.69) is 6.07 Å². The molecule has 2 aromatic rings. The summed E-state index contributed by atoms with van der Waals surface area (Å²) in [5, 5.41) is 0. The maximum Gasteiger partial charge on any atom is 0.176 e. The van der Waals surface area contributed by atoms with Crippen molar-refractivity contribution >= 4 is 23.8 Å². The van der Waals surface area contributed by atoms with Crippen LogP contribution in [0.1, 0.15) is 15.9 Å². The average molecular weight is 298 g/mol. The molecule has 0 bridgehead atoms. The summed E-state index contributed by atoms with van der Waals surface area (Å²) < 4.78 is 10.6. The molecule has 0 saturated carbocycles. The number of carbonyl (C=O) groups excluding carboxylic acids is 1. The van der Waals surface area contributed by atoms with Crippen LogP contribution in [-0.2, 0) is 9.47 Å². The molecule has 0 N–H and O–H groups in total. The quantitative estimate of drug-likeness (QED) is 0.475. The molecule has 0 atom stereocenters. The van der Waals surface area contributed by atoms with Gasteiger partial charge in [0.1, 0.15) is 12.9 Å². The van der Waals surface area contributed by atoms with Crippen LogP contribution < -0.4 is 0 Å². The largest absolute Gasteiger partial charge is 0.492 e. The maximum atomic E-state index is 10.7. The van der Waals surface area contributed by atoms with E-state index in [0.29, 0.717) is 12.2 Å². The molecule has 0 spiro atoms. The van der Waals surface area contributed by atoms with Crippen LogP contribution in [0.3, 0.4) is 0 Å². The highest BCUT2D eigenvalue weighted by Crippen LogP contribution is 2.33. The SMILES string of the molecule is COC(=C1CO1)c1cccc(Sc2ccc(C=O)cc2)c1. The minimum atomic E-state index is 0.647. The molecule has 3 rings (SSSR count). The number of methoxy groups -OCH3 is 1. The summed E-state index contributed by atoms with van der Waals surface area (Å²) in [5.74, 6) is 1.70. The Morgan fingerprint density at radius 3 is 2.57 bits per heavy atom. The van der Waals surface area contributed by atoms with E-state index in [4.69, 9.17) is 9.47 Å². The molecule has 4 heteroatoms. The normalized spacial score (nSPS) is 15.1. The number of hydrogen-bond acceptors (Lipinski definition) is 4. The predicted octanol–water partition coefficient (Wildman–Crippen LogP) is 4.00. The first kappa shape index (κ1) is 13.8. The Morgan fingerprint density at radius 1 is 1.19 bits per heavy atom. The summed E-state index contributed by atoms with van der Waals surface area (Å²) in [5.41, 5.74) is 1.70. The van der Waals surface area contributed by atoms with Crippen molar-refractivity contribution in [1.29, 1.82) is 0 Å². The van der Waals surface area contributed by atoms with Crippen molar-refractivity contribution in [3.05, 3.63) is 65.4 Å². The molecular formula is C17H14O3S. The Hall–Kier alpha value is -2.20. The molecule has 3 nitrogen and oxygen atoms in total. The van der Waals surface area contributed by atoms with Crippen molar-refractivity contribution in [2.45, 2.75) is 9.79 Å². The van der Waals surface area contributed by atoms with E-state index >= 15 is 0 Å². The first-order valence-electron chi connectivity index (χ1n) is 6.53. The number of aldehydes is 1. The van der Waals surface area contributed by atoms with E-state index in [1.165, 1.54) is 0 Å².